The van der Waals surface area contributed by atoms with E-state index in [1.807, 2.05) is 0 Å². The van der Waals surface area contributed by atoms with Gasteiger partial charge in [-0.1, -0.05) is 0 Å². The van der Waals surface area contributed by atoms with Gasteiger partial charge in [-0.05, 0) is 0 Å². The van der Waals surface area contributed by atoms with Gasteiger partial charge in [0.15, 0.2) is 0 Å². The van der Waals surface area contributed by atoms with Crippen molar-refractivity contribution in [2.75, 3.05) is 0 Å². The first-order valence-electron chi connectivity index (χ1n) is 0.894. The number of nitriles is 2. The van der Waals surface area contributed by atoms with E-state index in [1.54, 1.807) is 0 Å². The van der Waals surface area contributed by atoms with Crippen molar-refractivity contribution in [3.8, 4) is 12.5 Å². The standard InChI is InChI=1S/2CHNO.2Co/c2*2-1-3;;/h2*3H;;. The average Bonchev–Trinajstić information content (AvgIpc) is 1.39. The summed E-state index contributed by atoms with van der Waals surface area (Å²) in [5.74, 6) is 0. The minimum Gasteiger partial charge on any atom is -0.443 e. The molecule has 8 heavy (non-hydrogen) atoms. The first-order valence-corrected chi connectivity index (χ1v) is 0.894. The summed E-state index contributed by atoms with van der Waals surface area (Å²) in [6.07, 6.45) is 1.50. The fourth-order valence-electron chi connectivity index (χ4n) is 0. The number of nitrogens with zero attached hydrogens (tertiary/aromatic N) is 2. The quantitative estimate of drug-likeness (QED) is 0.529. The van der Waals surface area contributed by atoms with Gasteiger partial charge in [0.25, 0.3) is 12.5 Å². The molecule has 2 radical (unpaired) electrons. The molecule has 4 nitrogen and oxygen atoms in total. The Hall–Kier alpha value is -0.407. The Morgan fingerprint density at radius 1 is 0.875 bits per heavy atom. The number of aliphatic hydroxyl groups is 2. The molecule has 2 N–H and O–H groups in total. The molecule has 50 valence electrons. The monoisotopic (exact) mass is 204 g/mol. The van der Waals surface area contributed by atoms with E-state index in [2.05, 4.69) is 0 Å². The Bertz CT molecular complexity index is 71.0. The Morgan fingerprint density at radius 2 is 0.875 bits per heavy atom. The van der Waals surface area contributed by atoms with Crippen LogP contribution >= 0.6 is 0 Å². The number of hydrogen-bond acceptors (Lipinski definition) is 4. The third-order valence-electron chi connectivity index (χ3n) is 0. The van der Waals surface area contributed by atoms with Crippen LogP contribution in [0.1, 0.15) is 0 Å². The Labute approximate surface area is 67.1 Å². The summed E-state index contributed by atoms with van der Waals surface area (Å²) in [7, 11) is 0. The fraction of sp³-hybridized carbons (Fsp3) is 0. The first-order chi connectivity index (χ1) is 2.83. The van der Waals surface area contributed by atoms with Gasteiger partial charge >= 0.3 is 0 Å². The number of hydrogen-bond donors (Lipinski definition) is 2. The molecule has 6 heteroatoms. The summed E-state index contributed by atoms with van der Waals surface area (Å²) in [5.41, 5.74) is 0. The molecule has 0 atom stereocenters. The van der Waals surface area contributed by atoms with Crippen molar-refractivity contribution in [1.29, 1.82) is 10.5 Å². The smallest absolute Gasteiger partial charge is 0.283 e. The second-order valence-electron chi connectivity index (χ2n) is 0.200. The maximum Gasteiger partial charge on any atom is 0.283 e. The minimum atomic E-state index is 0. The van der Waals surface area contributed by atoms with E-state index in [-0.39, 0.29) is 33.6 Å². The van der Waals surface area contributed by atoms with E-state index in [4.69, 9.17) is 20.7 Å². The molecule has 0 heterocycles. The molecule has 0 aliphatic carbocycles. The predicted octanol–water partition coefficient (Wildman–Crippen LogP) is -0.325. The van der Waals surface area contributed by atoms with Crippen LogP contribution in [0.3, 0.4) is 0 Å². The Kier molecular flexibility index (Phi) is 260. The number of aliphatic hydroxyl groups excluding tert-OH is 2. The molecule has 0 fully saturated rings. The summed E-state index contributed by atoms with van der Waals surface area (Å²) in [6, 6.07) is 0. The van der Waals surface area contributed by atoms with Gasteiger partial charge in [-0.2, -0.15) is 10.5 Å². The normalized spacial score (nSPS) is 1.75. The first kappa shape index (κ1) is 25.6. The van der Waals surface area contributed by atoms with Crippen molar-refractivity contribution in [3.05, 3.63) is 0 Å². The van der Waals surface area contributed by atoms with Crippen molar-refractivity contribution in [2.45, 2.75) is 0 Å². The maximum atomic E-state index is 6.88. The van der Waals surface area contributed by atoms with Crippen LogP contribution in [-0.2, 0) is 33.6 Å². The van der Waals surface area contributed by atoms with Crippen LogP contribution in [0.15, 0.2) is 0 Å². The molecule has 0 bridgehead atoms. The Balaban J connectivity index is -0.0000000160. The third kappa shape index (κ3) is 712. The van der Waals surface area contributed by atoms with Crippen molar-refractivity contribution in [2.24, 2.45) is 0 Å². The van der Waals surface area contributed by atoms with Gasteiger partial charge in [0, 0.05) is 33.6 Å². The van der Waals surface area contributed by atoms with Gasteiger partial charge in [0.2, 0.25) is 0 Å². The van der Waals surface area contributed by atoms with E-state index >= 15 is 0 Å². The molecule has 0 saturated heterocycles. The largest absolute Gasteiger partial charge is 0.443 e. The summed E-state index contributed by atoms with van der Waals surface area (Å²) in [5, 5.41) is 27.5. The molecule has 0 amide bonds. The molecule has 0 aliphatic rings. The molecular weight excluding hydrogens is 202 g/mol. The molecule has 0 rings (SSSR count). The summed E-state index contributed by atoms with van der Waals surface area (Å²) in [6.45, 7) is 0. The zero-order chi connectivity index (χ0) is 5.41. The number of rotatable bonds is 0. The van der Waals surface area contributed by atoms with Crippen LogP contribution < -0.4 is 0 Å². The van der Waals surface area contributed by atoms with E-state index in [9.17, 15) is 0 Å². The van der Waals surface area contributed by atoms with Gasteiger partial charge in [-0.3, -0.25) is 0 Å². The third-order valence-corrected chi connectivity index (χ3v) is 0. The van der Waals surface area contributed by atoms with Gasteiger partial charge in [0.1, 0.15) is 0 Å². The molecular formula is C2H2Co2N2O2. The zero-order valence-corrected chi connectivity index (χ0v) is 5.54. The van der Waals surface area contributed by atoms with Crippen LogP contribution in [-0.4, -0.2) is 10.2 Å². The summed E-state index contributed by atoms with van der Waals surface area (Å²) in [4.78, 5) is 0. The van der Waals surface area contributed by atoms with Crippen LogP contribution in [0, 0.1) is 23.0 Å². The zero-order valence-electron chi connectivity index (χ0n) is 3.46. The van der Waals surface area contributed by atoms with Gasteiger partial charge in [-0.15, -0.1) is 0 Å². The predicted molar refractivity (Wildman–Crippen MR) is 15.1 cm³/mol. The second-order valence-corrected chi connectivity index (χ2v) is 0.200. The average molecular weight is 204 g/mol. The van der Waals surface area contributed by atoms with E-state index < -0.39 is 0 Å². The van der Waals surface area contributed by atoms with E-state index in [0.717, 1.165) is 12.5 Å². The SMILES string of the molecule is N#CO.N#CO.[Co].[Co]. The van der Waals surface area contributed by atoms with Crippen LogP contribution in [0.4, 0.5) is 0 Å². The molecule has 0 aromatic heterocycles. The molecule has 0 saturated carbocycles. The van der Waals surface area contributed by atoms with E-state index in [1.165, 1.54) is 0 Å². The van der Waals surface area contributed by atoms with Crippen molar-refractivity contribution in [1.82, 2.24) is 0 Å². The summed E-state index contributed by atoms with van der Waals surface area (Å²) < 4.78 is 0. The molecule has 0 aromatic rings. The van der Waals surface area contributed by atoms with Crippen LogP contribution in [0.25, 0.3) is 0 Å². The van der Waals surface area contributed by atoms with E-state index in [0.29, 0.717) is 0 Å². The minimum absolute atomic E-state index is 0. The van der Waals surface area contributed by atoms with Gasteiger partial charge < -0.3 is 10.2 Å². The van der Waals surface area contributed by atoms with Crippen molar-refractivity contribution >= 4 is 0 Å². The molecule has 0 spiro atoms. The molecule has 0 aromatic carbocycles. The van der Waals surface area contributed by atoms with Crippen LogP contribution in [0.2, 0.25) is 0 Å². The Morgan fingerprint density at radius 3 is 0.875 bits per heavy atom. The van der Waals surface area contributed by atoms with Crippen LogP contribution in [0.5, 0.6) is 0 Å². The molecule has 0 unspecified atom stereocenters. The van der Waals surface area contributed by atoms with Gasteiger partial charge in [-0.25, -0.2) is 0 Å². The molecule has 0 aliphatic heterocycles. The van der Waals surface area contributed by atoms with Crippen molar-refractivity contribution in [3.63, 3.8) is 0 Å². The summed E-state index contributed by atoms with van der Waals surface area (Å²) >= 11 is 0. The topological polar surface area (TPSA) is 88.0 Å². The van der Waals surface area contributed by atoms with Crippen molar-refractivity contribution < 1.29 is 43.8 Å². The van der Waals surface area contributed by atoms with Gasteiger partial charge in [0.05, 0.1) is 0 Å². The maximum absolute atomic E-state index is 6.88. The second kappa shape index (κ2) is 81.3. The fourth-order valence-corrected chi connectivity index (χ4v) is 0.